The van der Waals surface area contributed by atoms with Gasteiger partial charge in [-0.3, -0.25) is 0 Å². The number of nitrogens with one attached hydrogen (secondary N) is 1. The molecular formula is C11H19NO4. The average Bonchev–Trinajstić information content (AvgIpc) is 2.83. The number of hydrogen-bond donors (Lipinski definition) is 2. The van der Waals surface area contributed by atoms with Gasteiger partial charge < -0.3 is 19.9 Å². The molecule has 4 atom stereocenters. The van der Waals surface area contributed by atoms with Crippen molar-refractivity contribution >= 4 is 5.97 Å². The van der Waals surface area contributed by atoms with Crippen LogP contribution in [0.25, 0.3) is 0 Å². The summed E-state index contributed by atoms with van der Waals surface area (Å²) in [5, 5.41) is 12.2. The Morgan fingerprint density at radius 2 is 2.25 bits per heavy atom. The van der Waals surface area contributed by atoms with Crippen molar-refractivity contribution in [2.45, 2.75) is 50.5 Å². The van der Waals surface area contributed by atoms with E-state index in [4.69, 9.17) is 14.6 Å². The number of carbonyl (C=O) groups is 1. The van der Waals surface area contributed by atoms with Crippen LogP contribution in [0.15, 0.2) is 0 Å². The van der Waals surface area contributed by atoms with E-state index < -0.39 is 12.1 Å². The van der Waals surface area contributed by atoms with E-state index in [0.29, 0.717) is 12.5 Å². The second-order valence-corrected chi connectivity index (χ2v) is 4.54. The summed E-state index contributed by atoms with van der Waals surface area (Å²) in [7, 11) is 0. The van der Waals surface area contributed by atoms with Crippen LogP contribution in [0.5, 0.6) is 0 Å². The third-order valence-corrected chi connectivity index (χ3v) is 3.37. The molecular weight excluding hydrogens is 210 g/mol. The van der Waals surface area contributed by atoms with E-state index in [-0.39, 0.29) is 12.2 Å². The van der Waals surface area contributed by atoms with Gasteiger partial charge in [0.2, 0.25) is 0 Å². The van der Waals surface area contributed by atoms with Crippen LogP contribution in [-0.2, 0) is 14.3 Å². The Morgan fingerprint density at radius 1 is 1.44 bits per heavy atom. The van der Waals surface area contributed by atoms with Crippen LogP contribution in [0.1, 0.15) is 26.2 Å². The van der Waals surface area contributed by atoms with Gasteiger partial charge in [-0.25, -0.2) is 4.79 Å². The molecule has 0 bridgehead atoms. The molecule has 0 radical (unpaired) electrons. The van der Waals surface area contributed by atoms with Gasteiger partial charge in [0.1, 0.15) is 0 Å². The van der Waals surface area contributed by atoms with Gasteiger partial charge in [0.25, 0.3) is 0 Å². The van der Waals surface area contributed by atoms with Gasteiger partial charge in [-0.1, -0.05) is 0 Å². The number of hydrogen-bond acceptors (Lipinski definition) is 4. The fraction of sp³-hybridized carbons (Fsp3) is 0.909. The molecule has 0 saturated carbocycles. The Labute approximate surface area is 95.1 Å². The van der Waals surface area contributed by atoms with Crippen molar-refractivity contribution in [1.29, 1.82) is 0 Å². The van der Waals surface area contributed by atoms with E-state index in [1.54, 1.807) is 0 Å². The molecule has 2 rings (SSSR count). The molecule has 2 saturated heterocycles. The Balaban J connectivity index is 1.69. The summed E-state index contributed by atoms with van der Waals surface area (Å²) in [6.45, 7) is 3.59. The third-order valence-electron chi connectivity index (χ3n) is 3.37. The fourth-order valence-electron chi connectivity index (χ4n) is 2.32. The normalized spacial score (nSPS) is 39.1. The lowest BCUT2D eigenvalue weighted by Gasteiger charge is -2.19. The molecule has 0 aromatic rings. The molecule has 5 heteroatoms. The van der Waals surface area contributed by atoms with Gasteiger partial charge in [-0.2, -0.15) is 0 Å². The van der Waals surface area contributed by atoms with Crippen LogP contribution < -0.4 is 5.32 Å². The lowest BCUT2D eigenvalue weighted by atomic mass is 10.1. The summed E-state index contributed by atoms with van der Waals surface area (Å²) < 4.78 is 10.9. The smallest absolute Gasteiger partial charge is 0.332 e. The van der Waals surface area contributed by atoms with Gasteiger partial charge in [0, 0.05) is 19.2 Å². The van der Waals surface area contributed by atoms with Gasteiger partial charge in [-0.05, 0) is 26.2 Å². The lowest BCUT2D eigenvalue weighted by Crippen LogP contribution is -2.39. The second-order valence-electron chi connectivity index (χ2n) is 4.54. The second kappa shape index (κ2) is 5.12. The maximum Gasteiger partial charge on any atom is 0.332 e. The zero-order valence-corrected chi connectivity index (χ0v) is 9.52. The average molecular weight is 229 g/mol. The first-order valence-corrected chi connectivity index (χ1v) is 5.90. The molecule has 16 heavy (non-hydrogen) atoms. The van der Waals surface area contributed by atoms with E-state index in [0.717, 1.165) is 26.0 Å². The molecule has 4 unspecified atom stereocenters. The maximum atomic E-state index is 10.7. The highest BCUT2D eigenvalue weighted by molar-refractivity contribution is 5.72. The number of carboxylic acid groups (broad SMARTS) is 1. The summed E-state index contributed by atoms with van der Waals surface area (Å²) in [4.78, 5) is 10.7. The molecule has 0 aliphatic carbocycles. The molecule has 2 N–H and O–H groups in total. The maximum absolute atomic E-state index is 10.7. The molecule has 0 spiro atoms. The number of rotatable bonds is 4. The summed E-state index contributed by atoms with van der Waals surface area (Å²) in [5.41, 5.74) is 0. The Morgan fingerprint density at radius 3 is 2.81 bits per heavy atom. The summed E-state index contributed by atoms with van der Waals surface area (Å²) in [6, 6.07) is 0.382. The monoisotopic (exact) mass is 229 g/mol. The van der Waals surface area contributed by atoms with E-state index >= 15 is 0 Å². The highest BCUT2D eigenvalue weighted by Gasteiger charge is 2.31. The number of carboxylic acids is 1. The van der Waals surface area contributed by atoms with Crippen molar-refractivity contribution in [2.75, 3.05) is 13.2 Å². The molecule has 2 fully saturated rings. The third kappa shape index (κ3) is 2.72. The molecule has 92 valence electrons. The van der Waals surface area contributed by atoms with Crippen molar-refractivity contribution in [3.05, 3.63) is 0 Å². The largest absolute Gasteiger partial charge is 0.479 e. The van der Waals surface area contributed by atoms with E-state index in [9.17, 15) is 4.79 Å². The minimum Gasteiger partial charge on any atom is -0.479 e. The fourth-order valence-corrected chi connectivity index (χ4v) is 2.32. The van der Waals surface area contributed by atoms with Crippen LogP contribution >= 0.6 is 0 Å². The van der Waals surface area contributed by atoms with Gasteiger partial charge in [-0.15, -0.1) is 0 Å². The summed E-state index contributed by atoms with van der Waals surface area (Å²) >= 11 is 0. The highest BCUT2D eigenvalue weighted by Crippen LogP contribution is 2.20. The zero-order chi connectivity index (χ0) is 11.5. The predicted octanol–water partition coefficient (Wildman–Crippen LogP) is 0.386. The molecule has 0 aromatic carbocycles. The van der Waals surface area contributed by atoms with Crippen LogP contribution in [0, 0.1) is 0 Å². The van der Waals surface area contributed by atoms with Crippen molar-refractivity contribution in [3.63, 3.8) is 0 Å². The minimum atomic E-state index is -0.847. The van der Waals surface area contributed by atoms with Crippen LogP contribution in [0.4, 0.5) is 0 Å². The molecule has 2 aliphatic heterocycles. The topological polar surface area (TPSA) is 67.8 Å². The number of ether oxygens (including phenoxy) is 2. The van der Waals surface area contributed by atoms with Crippen molar-refractivity contribution < 1.29 is 19.4 Å². The van der Waals surface area contributed by atoms with Gasteiger partial charge >= 0.3 is 5.97 Å². The van der Waals surface area contributed by atoms with Crippen molar-refractivity contribution in [3.8, 4) is 0 Å². The SMILES string of the molecule is CC1OCCC1NCC1CCC(C(=O)O)O1. The van der Waals surface area contributed by atoms with E-state index in [1.165, 1.54) is 0 Å². The van der Waals surface area contributed by atoms with Crippen LogP contribution in [-0.4, -0.2) is 48.6 Å². The van der Waals surface area contributed by atoms with Crippen molar-refractivity contribution in [1.82, 2.24) is 5.32 Å². The molecule has 2 heterocycles. The Kier molecular flexibility index (Phi) is 3.78. The molecule has 0 aromatic heterocycles. The number of aliphatic carboxylic acids is 1. The molecule has 5 nitrogen and oxygen atoms in total. The first kappa shape index (κ1) is 11.8. The first-order valence-electron chi connectivity index (χ1n) is 5.90. The van der Waals surface area contributed by atoms with E-state index in [1.807, 2.05) is 0 Å². The first-order chi connectivity index (χ1) is 7.66. The quantitative estimate of drug-likeness (QED) is 0.729. The van der Waals surface area contributed by atoms with E-state index in [2.05, 4.69) is 12.2 Å². The van der Waals surface area contributed by atoms with Crippen LogP contribution in [0.2, 0.25) is 0 Å². The zero-order valence-electron chi connectivity index (χ0n) is 9.52. The molecule has 0 amide bonds. The summed E-state index contributed by atoms with van der Waals surface area (Å²) in [6.07, 6.45) is 2.15. The predicted molar refractivity (Wildman–Crippen MR) is 57.4 cm³/mol. The van der Waals surface area contributed by atoms with Crippen molar-refractivity contribution in [2.24, 2.45) is 0 Å². The van der Waals surface area contributed by atoms with Gasteiger partial charge in [0.15, 0.2) is 6.10 Å². The Bertz CT molecular complexity index is 258. The van der Waals surface area contributed by atoms with Gasteiger partial charge in [0.05, 0.1) is 12.2 Å². The molecule has 2 aliphatic rings. The Hall–Kier alpha value is -0.650. The minimum absolute atomic E-state index is 0.0360. The highest BCUT2D eigenvalue weighted by atomic mass is 16.5. The van der Waals surface area contributed by atoms with Crippen LogP contribution in [0.3, 0.4) is 0 Å². The lowest BCUT2D eigenvalue weighted by molar-refractivity contribution is -0.149. The summed E-state index contributed by atoms with van der Waals surface area (Å²) in [5.74, 6) is -0.847. The standard InChI is InChI=1S/C11H19NO4/c1-7-9(4-5-15-7)12-6-8-2-3-10(16-8)11(13)14/h7-10,12H,2-6H2,1H3,(H,13,14).